The molecule has 4 heteroatoms. The average Bonchev–Trinajstić information content (AvgIpc) is 3.66. The van der Waals surface area contributed by atoms with Gasteiger partial charge in [0.05, 0.1) is 22.7 Å². The number of para-hydroxylation sites is 1. The van der Waals surface area contributed by atoms with Crippen molar-refractivity contribution < 1.29 is 9.53 Å². The fourth-order valence-electron chi connectivity index (χ4n) is 7.35. The van der Waals surface area contributed by atoms with Crippen LogP contribution in [0.1, 0.15) is 87.2 Å². The van der Waals surface area contributed by atoms with Crippen molar-refractivity contribution in [3.05, 3.63) is 70.8 Å². The topological polar surface area (TPSA) is 43.3 Å². The van der Waals surface area contributed by atoms with E-state index in [1.165, 1.54) is 38.5 Å². The molecule has 4 aromatic rings. The van der Waals surface area contributed by atoms with E-state index in [-0.39, 0.29) is 23.7 Å². The van der Waals surface area contributed by atoms with E-state index in [4.69, 9.17) is 4.74 Å². The fourth-order valence-corrected chi connectivity index (χ4v) is 7.35. The first kappa shape index (κ1) is 22.4. The Morgan fingerprint density at radius 1 is 1.00 bits per heavy atom. The van der Waals surface area contributed by atoms with Gasteiger partial charge in [-0.1, -0.05) is 77.1 Å². The maximum absolute atomic E-state index is 13.2. The molecule has 4 nitrogen and oxygen atoms in total. The van der Waals surface area contributed by atoms with Gasteiger partial charge in [0.2, 0.25) is 0 Å². The first-order valence-corrected chi connectivity index (χ1v) is 13.4. The normalized spacial score (nSPS) is 24.2. The van der Waals surface area contributed by atoms with Crippen LogP contribution in [0.5, 0.6) is 0 Å². The Balaban J connectivity index is 0.000000546. The fraction of sp³-hybridized carbons (Fsp3) is 0.387. The number of amides is 1. The van der Waals surface area contributed by atoms with Gasteiger partial charge in [-0.15, -0.1) is 0 Å². The van der Waals surface area contributed by atoms with Crippen LogP contribution in [0, 0.1) is 0 Å². The molecule has 3 aromatic carbocycles. The second-order valence-electron chi connectivity index (χ2n) is 9.42. The number of nitrogens with one attached hydrogen (secondary N) is 1. The van der Waals surface area contributed by atoms with E-state index < -0.39 is 0 Å². The molecule has 3 unspecified atom stereocenters. The van der Waals surface area contributed by atoms with Gasteiger partial charge >= 0.3 is 0 Å². The lowest BCUT2D eigenvalue weighted by molar-refractivity contribution is -0.0184. The minimum absolute atomic E-state index is 0.0563. The number of hydrogen-bond acceptors (Lipinski definition) is 2. The second-order valence-corrected chi connectivity index (χ2v) is 9.42. The third kappa shape index (κ3) is 2.48. The van der Waals surface area contributed by atoms with Crippen molar-refractivity contribution in [3.63, 3.8) is 0 Å². The third-order valence-electron chi connectivity index (χ3n) is 8.42. The number of carbonyl (C=O) groups excluding carboxylic acids is 1. The summed E-state index contributed by atoms with van der Waals surface area (Å²) in [5.74, 6) is 0.0667. The summed E-state index contributed by atoms with van der Waals surface area (Å²) in [6.45, 7) is 10.9. The van der Waals surface area contributed by atoms with E-state index >= 15 is 0 Å². The van der Waals surface area contributed by atoms with Crippen LogP contribution in [0.4, 0.5) is 0 Å². The Morgan fingerprint density at radius 2 is 1.74 bits per heavy atom. The van der Waals surface area contributed by atoms with Crippen LogP contribution >= 0.6 is 0 Å². The zero-order valence-corrected chi connectivity index (χ0v) is 21.4. The predicted octanol–water partition coefficient (Wildman–Crippen LogP) is 7.46. The van der Waals surface area contributed by atoms with Gasteiger partial charge in [0, 0.05) is 28.3 Å². The SMILES string of the molecule is CC.CC.CCC12c3ccccc3-c3c4c(c5c6ccccc6n(c5c31)C1CCC2O1)CNC4=O. The van der Waals surface area contributed by atoms with Gasteiger partial charge in [-0.2, -0.15) is 0 Å². The number of nitrogens with zero attached hydrogens (tertiary/aromatic N) is 1. The molecule has 1 saturated heterocycles. The van der Waals surface area contributed by atoms with Crippen LogP contribution < -0.4 is 5.32 Å². The molecule has 0 radical (unpaired) electrons. The number of aromatic nitrogens is 1. The summed E-state index contributed by atoms with van der Waals surface area (Å²) in [7, 11) is 0. The molecule has 1 aliphatic carbocycles. The van der Waals surface area contributed by atoms with Crippen LogP contribution in [0.15, 0.2) is 48.5 Å². The molecule has 8 rings (SSSR count). The molecule has 1 N–H and O–H groups in total. The Morgan fingerprint density at radius 3 is 2.54 bits per heavy atom. The zero-order valence-electron chi connectivity index (χ0n) is 21.4. The van der Waals surface area contributed by atoms with Crippen molar-refractivity contribution in [2.75, 3.05) is 0 Å². The van der Waals surface area contributed by atoms with E-state index in [0.717, 1.165) is 36.0 Å². The second kappa shape index (κ2) is 7.96. The molecule has 2 bridgehead atoms. The Kier molecular flexibility index (Phi) is 5.08. The number of rotatable bonds is 1. The Labute approximate surface area is 207 Å². The number of benzene rings is 3. The van der Waals surface area contributed by atoms with E-state index in [2.05, 4.69) is 65.3 Å². The molecule has 4 heterocycles. The van der Waals surface area contributed by atoms with Crippen LogP contribution in [-0.4, -0.2) is 16.6 Å². The van der Waals surface area contributed by atoms with E-state index in [1.54, 1.807) is 0 Å². The molecule has 1 aromatic heterocycles. The molecule has 0 spiro atoms. The molecule has 180 valence electrons. The summed E-state index contributed by atoms with van der Waals surface area (Å²) in [6.07, 6.45) is 3.23. The number of hydrogen-bond donors (Lipinski definition) is 1. The van der Waals surface area contributed by atoms with Crippen molar-refractivity contribution >= 4 is 27.7 Å². The minimum atomic E-state index is -0.209. The van der Waals surface area contributed by atoms with Crippen molar-refractivity contribution in [1.29, 1.82) is 0 Å². The summed E-state index contributed by atoms with van der Waals surface area (Å²) < 4.78 is 9.34. The van der Waals surface area contributed by atoms with E-state index in [0.29, 0.717) is 6.54 Å². The lowest BCUT2D eigenvalue weighted by Gasteiger charge is -2.35. The van der Waals surface area contributed by atoms with Gasteiger partial charge in [-0.05, 0) is 47.6 Å². The summed E-state index contributed by atoms with van der Waals surface area (Å²) in [5.41, 5.74) is 9.43. The highest BCUT2D eigenvalue weighted by atomic mass is 16.5. The lowest BCUT2D eigenvalue weighted by atomic mass is 9.69. The van der Waals surface area contributed by atoms with Gasteiger partial charge in [0.25, 0.3) is 5.91 Å². The van der Waals surface area contributed by atoms with Gasteiger partial charge in [-0.3, -0.25) is 4.79 Å². The highest BCUT2D eigenvalue weighted by Gasteiger charge is 2.56. The molecular formula is C31H34N2O2. The zero-order chi connectivity index (χ0) is 24.5. The minimum Gasteiger partial charge on any atom is -0.354 e. The lowest BCUT2D eigenvalue weighted by Crippen LogP contribution is -2.38. The number of carbonyl (C=O) groups is 1. The van der Waals surface area contributed by atoms with Gasteiger partial charge in [-0.25, -0.2) is 0 Å². The largest absolute Gasteiger partial charge is 0.354 e. The van der Waals surface area contributed by atoms with Crippen molar-refractivity contribution in [2.24, 2.45) is 0 Å². The molecule has 35 heavy (non-hydrogen) atoms. The third-order valence-corrected chi connectivity index (χ3v) is 8.42. The van der Waals surface area contributed by atoms with Crippen LogP contribution in [0.2, 0.25) is 0 Å². The summed E-state index contributed by atoms with van der Waals surface area (Å²) in [6, 6.07) is 17.4. The maximum atomic E-state index is 13.2. The Bertz CT molecular complexity index is 1500. The Hall–Kier alpha value is -3.11. The maximum Gasteiger partial charge on any atom is 0.252 e. The number of fused-ring (bicyclic) bond motifs is 13. The van der Waals surface area contributed by atoms with Gasteiger partial charge < -0.3 is 14.6 Å². The van der Waals surface area contributed by atoms with Gasteiger partial charge in [0.1, 0.15) is 6.23 Å². The van der Waals surface area contributed by atoms with Crippen LogP contribution in [-0.2, 0) is 16.7 Å². The summed E-state index contributed by atoms with van der Waals surface area (Å²) >= 11 is 0. The first-order chi connectivity index (χ1) is 17.3. The summed E-state index contributed by atoms with van der Waals surface area (Å²) in [5, 5.41) is 5.64. The molecule has 1 amide bonds. The molecule has 0 saturated carbocycles. The van der Waals surface area contributed by atoms with Crippen molar-refractivity contribution in [2.45, 2.75) is 78.2 Å². The first-order valence-electron chi connectivity index (χ1n) is 13.4. The smallest absolute Gasteiger partial charge is 0.252 e. The molecule has 3 atom stereocenters. The van der Waals surface area contributed by atoms with Crippen molar-refractivity contribution in [1.82, 2.24) is 9.88 Å². The highest BCUT2D eigenvalue weighted by molar-refractivity contribution is 6.20. The molecule has 3 aliphatic heterocycles. The predicted molar refractivity (Wildman–Crippen MR) is 143 cm³/mol. The molecule has 4 aliphatic rings. The summed E-state index contributed by atoms with van der Waals surface area (Å²) in [4.78, 5) is 13.2. The van der Waals surface area contributed by atoms with Gasteiger partial charge in [0.15, 0.2) is 0 Å². The number of ether oxygens (including phenoxy) is 1. The van der Waals surface area contributed by atoms with Crippen LogP contribution in [0.3, 0.4) is 0 Å². The van der Waals surface area contributed by atoms with E-state index in [1.807, 2.05) is 27.7 Å². The molecular weight excluding hydrogens is 432 g/mol. The highest BCUT2D eigenvalue weighted by Crippen LogP contribution is 2.63. The monoisotopic (exact) mass is 466 g/mol. The van der Waals surface area contributed by atoms with Crippen molar-refractivity contribution in [3.8, 4) is 11.1 Å². The quantitative estimate of drug-likeness (QED) is 0.316. The van der Waals surface area contributed by atoms with E-state index in [9.17, 15) is 4.79 Å². The molecule has 1 fully saturated rings. The standard InChI is InChI=1S/C27H22N2O2.2C2H6/c1-2-27-17-9-5-3-7-14(17)22-23-16(13-28-26(23)30)21-15-8-4-6-10-18(15)29(25(21)24(22)27)20-12-11-19(27)31-20;2*1-2/h3-10,19-20H,2,11-13H2,1H3,(H,28,30);2*1-2H3. The van der Waals surface area contributed by atoms with Crippen LogP contribution in [0.25, 0.3) is 32.9 Å². The average molecular weight is 467 g/mol.